The van der Waals surface area contributed by atoms with Gasteiger partial charge in [0.25, 0.3) is 5.91 Å². The van der Waals surface area contributed by atoms with Crippen LogP contribution in [0.15, 0.2) is 41.1 Å². The number of carbonyl (C=O) groups excluding carboxylic acids is 1. The van der Waals surface area contributed by atoms with Crippen LogP contribution in [0.25, 0.3) is 11.3 Å². The molecule has 3 aromatic rings. The maximum absolute atomic E-state index is 12.9. The highest BCUT2D eigenvalue weighted by Gasteiger charge is 2.23. The molecule has 1 saturated heterocycles. The van der Waals surface area contributed by atoms with Crippen molar-refractivity contribution in [2.24, 2.45) is 0 Å². The van der Waals surface area contributed by atoms with Crippen LogP contribution in [0, 0.1) is 6.92 Å². The number of hydrogen-bond acceptors (Lipinski definition) is 6. The van der Waals surface area contributed by atoms with Gasteiger partial charge in [-0.2, -0.15) is 0 Å². The Bertz CT molecular complexity index is 1010. The van der Waals surface area contributed by atoms with E-state index in [1.54, 1.807) is 19.2 Å². The number of amides is 1. The van der Waals surface area contributed by atoms with Crippen molar-refractivity contribution >= 4 is 23.5 Å². The molecule has 1 aliphatic heterocycles. The van der Waals surface area contributed by atoms with Gasteiger partial charge in [0.15, 0.2) is 0 Å². The largest absolute Gasteiger partial charge is 0.360 e. The first-order valence-corrected chi connectivity index (χ1v) is 10.1. The summed E-state index contributed by atoms with van der Waals surface area (Å²) in [7, 11) is 0. The topological polar surface area (TPSA) is 84.2 Å². The normalized spacial score (nSPS) is 14.1. The molecule has 0 saturated carbocycles. The molecule has 8 heteroatoms. The summed E-state index contributed by atoms with van der Waals surface area (Å²) in [4.78, 5) is 24.1. The molecular formula is C21H22ClN5O2. The first-order valence-electron chi connectivity index (χ1n) is 9.69. The maximum Gasteiger partial charge on any atom is 0.257 e. The molecule has 0 radical (unpaired) electrons. The van der Waals surface area contributed by atoms with Crippen LogP contribution in [0.2, 0.25) is 5.02 Å². The number of hydrogen-bond donors (Lipinski definition) is 1. The van der Waals surface area contributed by atoms with Crippen molar-refractivity contribution in [2.75, 3.05) is 18.0 Å². The van der Waals surface area contributed by atoms with Crippen molar-refractivity contribution < 1.29 is 9.32 Å². The van der Waals surface area contributed by atoms with Crippen LogP contribution in [-0.4, -0.2) is 34.1 Å². The van der Waals surface area contributed by atoms with Crippen LogP contribution < -0.4 is 10.2 Å². The van der Waals surface area contributed by atoms with Crippen LogP contribution in [0.3, 0.4) is 0 Å². The average molecular weight is 412 g/mol. The summed E-state index contributed by atoms with van der Waals surface area (Å²) in [6, 6.07) is 9.05. The fourth-order valence-electron chi connectivity index (χ4n) is 3.47. The Morgan fingerprint density at radius 3 is 2.79 bits per heavy atom. The van der Waals surface area contributed by atoms with E-state index in [4.69, 9.17) is 16.1 Å². The highest BCUT2D eigenvalue weighted by atomic mass is 35.5. The first kappa shape index (κ1) is 19.4. The number of anilines is 1. The monoisotopic (exact) mass is 411 g/mol. The number of piperidine rings is 1. The highest BCUT2D eigenvalue weighted by molar-refractivity contribution is 6.33. The highest BCUT2D eigenvalue weighted by Crippen LogP contribution is 2.30. The van der Waals surface area contributed by atoms with Gasteiger partial charge in [-0.15, -0.1) is 0 Å². The number of nitrogens with zero attached hydrogens (tertiary/aromatic N) is 4. The van der Waals surface area contributed by atoms with Gasteiger partial charge in [-0.05, 0) is 38.3 Å². The van der Waals surface area contributed by atoms with E-state index in [9.17, 15) is 4.79 Å². The quantitative estimate of drug-likeness (QED) is 0.682. The van der Waals surface area contributed by atoms with Crippen LogP contribution in [-0.2, 0) is 6.54 Å². The first-order chi connectivity index (χ1) is 14.1. The third-order valence-corrected chi connectivity index (χ3v) is 5.32. The van der Waals surface area contributed by atoms with Crippen molar-refractivity contribution in [1.29, 1.82) is 0 Å². The van der Waals surface area contributed by atoms with Crippen LogP contribution >= 0.6 is 11.6 Å². The number of halogens is 1. The summed E-state index contributed by atoms with van der Waals surface area (Å²) >= 11 is 6.27. The lowest BCUT2D eigenvalue weighted by molar-refractivity contribution is 0.0949. The zero-order chi connectivity index (χ0) is 20.2. The lowest BCUT2D eigenvalue weighted by atomic mass is 10.1. The Morgan fingerprint density at radius 1 is 1.21 bits per heavy atom. The number of rotatable bonds is 5. The number of aryl methyl sites for hydroxylation is 1. The van der Waals surface area contributed by atoms with Crippen molar-refractivity contribution in [3.05, 3.63) is 58.6 Å². The molecule has 1 aromatic carbocycles. The molecule has 2 aromatic heterocycles. The average Bonchev–Trinajstić information content (AvgIpc) is 3.14. The van der Waals surface area contributed by atoms with Crippen molar-refractivity contribution in [1.82, 2.24) is 20.4 Å². The third kappa shape index (κ3) is 4.24. The van der Waals surface area contributed by atoms with Crippen molar-refractivity contribution in [2.45, 2.75) is 32.7 Å². The SMILES string of the molecule is Cc1onc(-c2ccccc2Cl)c1C(=O)NCc1ccnc(N2CCCCC2)n1. The third-order valence-electron chi connectivity index (χ3n) is 4.99. The van der Waals surface area contributed by atoms with E-state index < -0.39 is 0 Å². The van der Waals surface area contributed by atoms with E-state index in [2.05, 4.69) is 25.3 Å². The molecule has 0 aliphatic carbocycles. The molecule has 0 unspecified atom stereocenters. The molecule has 7 nitrogen and oxygen atoms in total. The summed E-state index contributed by atoms with van der Waals surface area (Å²) < 4.78 is 5.27. The van der Waals surface area contributed by atoms with Crippen LogP contribution in [0.4, 0.5) is 5.95 Å². The Labute approximate surface area is 174 Å². The number of nitrogens with one attached hydrogen (secondary N) is 1. The fraction of sp³-hybridized carbons (Fsp3) is 0.333. The van der Waals surface area contributed by atoms with E-state index in [0.717, 1.165) is 37.6 Å². The predicted molar refractivity (Wildman–Crippen MR) is 111 cm³/mol. The zero-order valence-electron chi connectivity index (χ0n) is 16.2. The summed E-state index contributed by atoms with van der Waals surface area (Å²) in [6.45, 7) is 3.93. The Kier molecular flexibility index (Phi) is 5.76. The van der Waals surface area contributed by atoms with Gasteiger partial charge in [-0.25, -0.2) is 9.97 Å². The standard InChI is InChI=1S/C21H22ClN5O2/c1-14-18(19(26-29-14)16-7-3-4-8-17(16)22)20(28)24-13-15-9-10-23-21(25-15)27-11-5-2-6-12-27/h3-4,7-10H,2,5-6,11-13H2,1H3,(H,24,28). The summed E-state index contributed by atoms with van der Waals surface area (Å²) in [5.74, 6) is 0.875. The molecule has 0 atom stereocenters. The van der Waals surface area contributed by atoms with Crippen LogP contribution in [0.1, 0.15) is 41.1 Å². The molecule has 29 heavy (non-hydrogen) atoms. The van der Waals surface area contributed by atoms with E-state index in [0.29, 0.717) is 27.6 Å². The molecule has 4 rings (SSSR count). The van der Waals surface area contributed by atoms with Gasteiger partial charge >= 0.3 is 0 Å². The second-order valence-electron chi connectivity index (χ2n) is 7.02. The maximum atomic E-state index is 12.9. The van der Waals surface area contributed by atoms with Gasteiger partial charge in [0.1, 0.15) is 17.0 Å². The lowest BCUT2D eigenvalue weighted by Gasteiger charge is -2.26. The molecule has 1 aliphatic rings. The van der Waals surface area contributed by atoms with Crippen LogP contribution in [0.5, 0.6) is 0 Å². The number of carbonyl (C=O) groups is 1. The van der Waals surface area contributed by atoms with Crippen molar-refractivity contribution in [3.8, 4) is 11.3 Å². The van der Waals surface area contributed by atoms with E-state index in [1.165, 1.54) is 6.42 Å². The zero-order valence-corrected chi connectivity index (χ0v) is 16.9. The molecular weight excluding hydrogens is 390 g/mol. The minimum absolute atomic E-state index is 0.281. The van der Waals surface area contributed by atoms with Gasteiger partial charge in [-0.1, -0.05) is 35.0 Å². The van der Waals surface area contributed by atoms with E-state index >= 15 is 0 Å². The Hall–Kier alpha value is -2.93. The fourth-order valence-corrected chi connectivity index (χ4v) is 3.69. The Morgan fingerprint density at radius 2 is 2.00 bits per heavy atom. The van der Waals surface area contributed by atoms with Gasteiger partial charge in [-0.3, -0.25) is 4.79 Å². The van der Waals surface area contributed by atoms with E-state index in [-0.39, 0.29) is 12.5 Å². The van der Waals surface area contributed by atoms with Crippen molar-refractivity contribution in [3.63, 3.8) is 0 Å². The Balaban J connectivity index is 1.50. The molecule has 1 N–H and O–H groups in total. The van der Waals surface area contributed by atoms with Gasteiger partial charge in [0, 0.05) is 24.8 Å². The number of aromatic nitrogens is 3. The number of benzene rings is 1. The van der Waals surface area contributed by atoms with Gasteiger partial charge in [0.2, 0.25) is 5.95 Å². The lowest BCUT2D eigenvalue weighted by Crippen LogP contribution is -2.31. The smallest absolute Gasteiger partial charge is 0.257 e. The molecule has 150 valence electrons. The molecule has 1 amide bonds. The summed E-state index contributed by atoms with van der Waals surface area (Å²) in [6.07, 6.45) is 5.29. The predicted octanol–water partition coefficient (Wildman–Crippen LogP) is 4.01. The molecule has 0 spiro atoms. The van der Waals surface area contributed by atoms with E-state index in [1.807, 2.05) is 24.3 Å². The van der Waals surface area contributed by atoms with Gasteiger partial charge < -0.3 is 14.7 Å². The summed E-state index contributed by atoms with van der Waals surface area (Å²) in [5.41, 5.74) is 2.22. The van der Waals surface area contributed by atoms with Gasteiger partial charge in [0.05, 0.1) is 17.3 Å². The molecule has 1 fully saturated rings. The minimum atomic E-state index is -0.281. The minimum Gasteiger partial charge on any atom is -0.360 e. The molecule has 0 bridgehead atoms. The summed E-state index contributed by atoms with van der Waals surface area (Å²) in [5, 5.41) is 7.47. The molecule has 3 heterocycles. The second kappa shape index (κ2) is 8.61. The second-order valence-corrected chi connectivity index (χ2v) is 7.43.